The first-order valence-electron chi connectivity index (χ1n) is 7.52. The smallest absolute Gasteiger partial charge is 0.322 e. The van der Waals surface area contributed by atoms with Gasteiger partial charge in [-0.1, -0.05) is 23.7 Å². The van der Waals surface area contributed by atoms with E-state index in [-0.39, 0.29) is 12.6 Å². The highest BCUT2D eigenvalue weighted by Crippen LogP contribution is 2.25. The third-order valence-electron chi connectivity index (χ3n) is 3.87. The minimum absolute atomic E-state index is 0.235. The van der Waals surface area contributed by atoms with Crippen LogP contribution in [0.5, 0.6) is 0 Å². The third kappa shape index (κ3) is 3.88. The van der Waals surface area contributed by atoms with Crippen LogP contribution in [0.15, 0.2) is 36.4 Å². The maximum Gasteiger partial charge on any atom is 0.322 e. The molecule has 4 nitrogen and oxygen atoms in total. The van der Waals surface area contributed by atoms with Gasteiger partial charge in [0.2, 0.25) is 0 Å². The number of amides is 2. The number of benzene rings is 2. The molecule has 2 amide bonds. The van der Waals surface area contributed by atoms with Crippen LogP contribution in [0.3, 0.4) is 0 Å². The van der Waals surface area contributed by atoms with E-state index in [9.17, 15) is 18.0 Å². The molecule has 0 saturated carbocycles. The fourth-order valence-electron chi connectivity index (χ4n) is 2.53. The normalized spacial score (nSPS) is 17.4. The molecule has 1 atom stereocenters. The molecule has 0 aliphatic carbocycles. The van der Waals surface area contributed by atoms with Crippen LogP contribution in [-0.4, -0.2) is 30.6 Å². The van der Waals surface area contributed by atoms with E-state index in [4.69, 9.17) is 16.3 Å². The van der Waals surface area contributed by atoms with E-state index < -0.39 is 29.2 Å². The van der Waals surface area contributed by atoms with Gasteiger partial charge in [0, 0.05) is 11.6 Å². The number of nitrogens with zero attached hydrogens (tertiary/aromatic N) is 1. The predicted molar refractivity (Wildman–Crippen MR) is 87.1 cm³/mol. The molecule has 8 heteroatoms. The van der Waals surface area contributed by atoms with E-state index >= 15 is 0 Å². The first kappa shape index (κ1) is 17.6. The Labute approximate surface area is 147 Å². The minimum Gasteiger partial charge on any atom is -0.370 e. The molecule has 3 rings (SSSR count). The van der Waals surface area contributed by atoms with Crippen molar-refractivity contribution < 1.29 is 22.7 Å². The van der Waals surface area contributed by atoms with Crippen LogP contribution >= 0.6 is 11.6 Å². The molecule has 1 heterocycles. The fraction of sp³-hybridized carbons (Fsp3) is 0.235. The number of anilines is 1. The number of nitrogens with one attached hydrogen (secondary N) is 1. The topological polar surface area (TPSA) is 41.6 Å². The van der Waals surface area contributed by atoms with Gasteiger partial charge in [0.15, 0.2) is 17.5 Å². The molecular formula is C17H14ClF3N2O2. The Balaban J connectivity index is 1.70. The highest BCUT2D eigenvalue weighted by atomic mass is 35.5. The van der Waals surface area contributed by atoms with Crippen molar-refractivity contribution in [3.05, 3.63) is 64.4 Å². The first-order valence-corrected chi connectivity index (χ1v) is 7.90. The molecule has 0 aromatic heterocycles. The number of rotatable bonds is 2. The van der Waals surface area contributed by atoms with Gasteiger partial charge < -0.3 is 15.0 Å². The zero-order valence-electron chi connectivity index (χ0n) is 12.9. The number of carbonyl (C=O) groups is 1. The minimum atomic E-state index is -1.63. The number of morpholine rings is 1. The van der Waals surface area contributed by atoms with Crippen LogP contribution in [0.1, 0.15) is 11.7 Å². The van der Waals surface area contributed by atoms with Crippen molar-refractivity contribution in [3.8, 4) is 0 Å². The van der Waals surface area contributed by atoms with Crippen molar-refractivity contribution in [3.63, 3.8) is 0 Å². The van der Waals surface area contributed by atoms with Crippen molar-refractivity contribution >= 4 is 23.3 Å². The number of urea groups is 1. The molecule has 0 bridgehead atoms. The summed E-state index contributed by atoms with van der Waals surface area (Å²) in [6.45, 7) is 0.820. The maximum absolute atomic E-state index is 13.7. The van der Waals surface area contributed by atoms with Gasteiger partial charge in [-0.3, -0.25) is 0 Å². The maximum atomic E-state index is 13.7. The molecular weight excluding hydrogens is 357 g/mol. The summed E-state index contributed by atoms with van der Waals surface area (Å²) >= 11 is 5.85. The zero-order valence-corrected chi connectivity index (χ0v) is 13.7. The predicted octanol–water partition coefficient (Wildman–Crippen LogP) is 4.36. The second kappa shape index (κ2) is 7.33. The lowest BCUT2D eigenvalue weighted by Crippen LogP contribution is -2.44. The Hall–Kier alpha value is -2.25. The zero-order chi connectivity index (χ0) is 18.0. The molecule has 0 spiro atoms. The van der Waals surface area contributed by atoms with Gasteiger partial charge in [-0.25, -0.2) is 18.0 Å². The number of halogens is 4. The van der Waals surface area contributed by atoms with Gasteiger partial charge in [0.25, 0.3) is 0 Å². The van der Waals surface area contributed by atoms with E-state index in [1.807, 2.05) is 0 Å². The highest BCUT2D eigenvalue weighted by molar-refractivity contribution is 6.30. The van der Waals surface area contributed by atoms with Crippen molar-refractivity contribution in [1.82, 2.24) is 4.90 Å². The Bertz CT molecular complexity index is 786. The van der Waals surface area contributed by atoms with Gasteiger partial charge in [0.1, 0.15) is 6.10 Å². The summed E-state index contributed by atoms with van der Waals surface area (Å²) in [5, 5.41) is 2.84. The van der Waals surface area contributed by atoms with Crippen LogP contribution in [0.2, 0.25) is 5.02 Å². The SMILES string of the molecule is O=C(Nc1ccc(F)c(F)c1F)N1CCOC(c2ccc(Cl)cc2)C1. The van der Waals surface area contributed by atoms with Gasteiger partial charge in [-0.15, -0.1) is 0 Å². The Morgan fingerprint density at radius 3 is 2.56 bits per heavy atom. The monoisotopic (exact) mass is 370 g/mol. The van der Waals surface area contributed by atoms with Crippen molar-refractivity contribution in [2.45, 2.75) is 6.10 Å². The van der Waals surface area contributed by atoms with Gasteiger partial charge >= 0.3 is 6.03 Å². The molecule has 1 unspecified atom stereocenters. The second-order valence-corrected chi connectivity index (χ2v) is 5.95. The van der Waals surface area contributed by atoms with E-state index in [0.717, 1.165) is 17.7 Å². The summed E-state index contributed by atoms with van der Waals surface area (Å²) < 4.78 is 45.5. The summed E-state index contributed by atoms with van der Waals surface area (Å²) in [4.78, 5) is 13.7. The van der Waals surface area contributed by atoms with E-state index in [1.54, 1.807) is 24.3 Å². The van der Waals surface area contributed by atoms with E-state index in [2.05, 4.69) is 5.32 Å². The molecule has 1 aliphatic rings. The second-order valence-electron chi connectivity index (χ2n) is 5.51. The molecule has 0 radical (unpaired) electrons. The molecule has 2 aromatic carbocycles. The number of ether oxygens (including phenoxy) is 1. The Kier molecular flexibility index (Phi) is 5.15. The van der Waals surface area contributed by atoms with Crippen molar-refractivity contribution in [2.24, 2.45) is 0 Å². The van der Waals surface area contributed by atoms with Crippen LogP contribution in [-0.2, 0) is 4.74 Å². The van der Waals surface area contributed by atoms with Crippen LogP contribution in [0.4, 0.5) is 23.7 Å². The lowest BCUT2D eigenvalue weighted by Gasteiger charge is -2.33. The van der Waals surface area contributed by atoms with Gasteiger partial charge in [-0.2, -0.15) is 0 Å². The summed E-state index contributed by atoms with van der Waals surface area (Å²) in [6.07, 6.45) is -0.355. The molecule has 132 valence electrons. The molecule has 1 N–H and O–H groups in total. The lowest BCUT2D eigenvalue weighted by molar-refractivity contribution is -0.0135. The summed E-state index contributed by atoms with van der Waals surface area (Å²) in [7, 11) is 0. The Morgan fingerprint density at radius 1 is 1.12 bits per heavy atom. The number of hydrogen-bond acceptors (Lipinski definition) is 2. The average molecular weight is 371 g/mol. The Morgan fingerprint density at radius 2 is 1.84 bits per heavy atom. The van der Waals surface area contributed by atoms with Crippen molar-refractivity contribution in [1.29, 1.82) is 0 Å². The molecule has 25 heavy (non-hydrogen) atoms. The summed E-state index contributed by atoms with van der Waals surface area (Å²) in [5.74, 6) is -4.38. The molecule has 1 saturated heterocycles. The largest absolute Gasteiger partial charge is 0.370 e. The number of hydrogen-bond donors (Lipinski definition) is 1. The third-order valence-corrected chi connectivity index (χ3v) is 4.12. The number of carbonyl (C=O) groups excluding carboxylic acids is 1. The van der Waals surface area contributed by atoms with Crippen LogP contribution < -0.4 is 5.32 Å². The van der Waals surface area contributed by atoms with Crippen LogP contribution in [0, 0.1) is 17.5 Å². The molecule has 1 fully saturated rings. The molecule has 2 aromatic rings. The van der Waals surface area contributed by atoms with E-state index in [0.29, 0.717) is 18.2 Å². The quantitative estimate of drug-likeness (QED) is 0.798. The van der Waals surface area contributed by atoms with Gasteiger partial charge in [-0.05, 0) is 29.8 Å². The summed E-state index contributed by atoms with van der Waals surface area (Å²) in [6, 6.07) is 8.14. The highest BCUT2D eigenvalue weighted by Gasteiger charge is 2.26. The average Bonchev–Trinajstić information content (AvgIpc) is 2.63. The fourth-order valence-corrected chi connectivity index (χ4v) is 2.66. The molecule has 1 aliphatic heterocycles. The standard InChI is InChI=1S/C17H14ClF3N2O2/c18-11-3-1-10(2-4-11)14-9-23(7-8-25-14)17(24)22-13-6-5-12(19)15(20)16(13)21/h1-6,14H,7-9H2,(H,22,24). The van der Waals surface area contributed by atoms with E-state index in [1.165, 1.54) is 4.90 Å². The summed E-state index contributed by atoms with van der Waals surface area (Å²) in [5.41, 5.74) is 0.430. The first-order chi connectivity index (χ1) is 12.0. The lowest BCUT2D eigenvalue weighted by atomic mass is 10.1. The van der Waals surface area contributed by atoms with Crippen molar-refractivity contribution in [2.75, 3.05) is 25.0 Å². The van der Waals surface area contributed by atoms with Crippen LogP contribution in [0.25, 0.3) is 0 Å². The van der Waals surface area contributed by atoms with Gasteiger partial charge in [0.05, 0.1) is 18.8 Å².